The van der Waals surface area contributed by atoms with Gasteiger partial charge in [-0.15, -0.1) is 0 Å². The lowest BCUT2D eigenvalue weighted by Gasteiger charge is -2.24. The van der Waals surface area contributed by atoms with Crippen LogP contribution in [0, 0.1) is 11.8 Å². The fourth-order valence-electron chi connectivity index (χ4n) is 2.81. The Kier molecular flexibility index (Phi) is 13.6. The summed E-state index contributed by atoms with van der Waals surface area (Å²) >= 11 is 0. The number of amides is 3. The number of hydrogen-bond donors (Lipinski definition) is 3. The molecule has 0 unspecified atom stereocenters. The normalized spacial score (nSPS) is 12.7. The van der Waals surface area contributed by atoms with Gasteiger partial charge in [0.05, 0.1) is 25.7 Å². The highest BCUT2D eigenvalue weighted by atomic mass is 16.5. The van der Waals surface area contributed by atoms with Crippen LogP contribution in [0.3, 0.4) is 0 Å². The number of carbonyl (C=O) groups excluding carboxylic acids is 4. The second kappa shape index (κ2) is 15.8. The number of methoxy groups -OCH3 is 1. The molecule has 3 amide bonds. The number of hydrogen-bond acceptors (Lipinski definition) is 7. The van der Waals surface area contributed by atoms with Gasteiger partial charge < -0.3 is 30.2 Å². The van der Waals surface area contributed by atoms with Gasteiger partial charge in [0.1, 0.15) is 18.7 Å². The van der Waals surface area contributed by atoms with E-state index in [4.69, 9.17) is 14.2 Å². The van der Waals surface area contributed by atoms with Crippen molar-refractivity contribution in [3.8, 4) is 0 Å². The second-order valence-electron chi connectivity index (χ2n) is 8.82. The Morgan fingerprint density at radius 3 is 2.09 bits per heavy atom. The molecular weight excluding hydrogens is 454 g/mol. The Hall–Kier alpha value is -2.98. The van der Waals surface area contributed by atoms with Crippen LogP contribution in [0.15, 0.2) is 24.3 Å². The molecule has 2 atom stereocenters. The number of anilines is 1. The average molecular weight is 494 g/mol. The largest absolute Gasteiger partial charge is 0.461 e. The van der Waals surface area contributed by atoms with Gasteiger partial charge in [-0.1, -0.05) is 39.8 Å². The summed E-state index contributed by atoms with van der Waals surface area (Å²) in [6.45, 7) is 9.91. The van der Waals surface area contributed by atoms with E-state index in [0.29, 0.717) is 18.9 Å². The van der Waals surface area contributed by atoms with E-state index in [9.17, 15) is 19.2 Å². The van der Waals surface area contributed by atoms with Crippen LogP contribution >= 0.6 is 0 Å². The standard InChI is InChI=1S/C25H39N3O7/c1-16(2)22(28-21(29)11-12-34-14-13-33-6)24(31)26-18(5)23(30)27-20-9-7-19(8-10-20)15-35-25(32)17(3)4/h7-10,16-18,22H,11-15H2,1-6H3,(H,26,31)(H,27,30)(H,28,29)/t18-,22-/m1/s1. The summed E-state index contributed by atoms with van der Waals surface area (Å²) in [7, 11) is 1.56. The van der Waals surface area contributed by atoms with E-state index in [-0.39, 0.29) is 43.3 Å². The van der Waals surface area contributed by atoms with Gasteiger partial charge in [-0.2, -0.15) is 0 Å². The third-order valence-corrected chi connectivity index (χ3v) is 5.00. The molecule has 0 saturated heterocycles. The molecule has 0 aromatic heterocycles. The Morgan fingerprint density at radius 2 is 1.51 bits per heavy atom. The summed E-state index contributed by atoms with van der Waals surface area (Å²) in [5.74, 6) is -1.82. The maximum Gasteiger partial charge on any atom is 0.308 e. The van der Waals surface area contributed by atoms with Gasteiger partial charge in [0, 0.05) is 19.2 Å². The quantitative estimate of drug-likeness (QED) is 0.252. The molecule has 0 aliphatic carbocycles. The zero-order valence-electron chi connectivity index (χ0n) is 21.5. The zero-order chi connectivity index (χ0) is 26.4. The maximum absolute atomic E-state index is 12.7. The van der Waals surface area contributed by atoms with Gasteiger partial charge >= 0.3 is 5.97 Å². The molecular formula is C25H39N3O7. The first-order chi connectivity index (χ1) is 16.5. The molecule has 1 rings (SSSR count). The minimum Gasteiger partial charge on any atom is -0.461 e. The molecule has 10 heteroatoms. The van der Waals surface area contributed by atoms with Crippen LogP contribution in [0.5, 0.6) is 0 Å². The minimum atomic E-state index is -0.829. The van der Waals surface area contributed by atoms with Crippen molar-refractivity contribution in [2.24, 2.45) is 11.8 Å². The van der Waals surface area contributed by atoms with E-state index in [1.165, 1.54) is 0 Å². The van der Waals surface area contributed by atoms with Crippen molar-refractivity contribution in [2.75, 3.05) is 32.2 Å². The molecule has 0 fully saturated rings. The molecule has 0 bridgehead atoms. The summed E-state index contributed by atoms with van der Waals surface area (Å²) < 4.78 is 15.3. The number of rotatable bonds is 15. The first-order valence-electron chi connectivity index (χ1n) is 11.8. The molecule has 0 radical (unpaired) electrons. The lowest BCUT2D eigenvalue weighted by atomic mass is 10.0. The fourth-order valence-corrected chi connectivity index (χ4v) is 2.81. The maximum atomic E-state index is 12.7. The van der Waals surface area contributed by atoms with Crippen LogP contribution < -0.4 is 16.0 Å². The van der Waals surface area contributed by atoms with Crippen LogP contribution in [-0.2, 0) is 40.0 Å². The molecule has 35 heavy (non-hydrogen) atoms. The van der Waals surface area contributed by atoms with E-state index in [1.807, 2.05) is 13.8 Å². The highest BCUT2D eigenvalue weighted by Crippen LogP contribution is 2.12. The third-order valence-electron chi connectivity index (χ3n) is 5.00. The van der Waals surface area contributed by atoms with E-state index in [1.54, 1.807) is 52.1 Å². The highest BCUT2D eigenvalue weighted by Gasteiger charge is 2.27. The van der Waals surface area contributed by atoms with Crippen molar-refractivity contribution in [1.82, 2.24) is 10.6 Å². The second-order valence-corrected chi connectivity index (χ2v) is 8.82. The molecule has 196 valence electrons. The van der Waals surface area contributed by atoms with Crippen LogP contribution in [0.4, 0.5) is 5.69 Å². The molecule has 3 N–H and O–H groups in total. The van der Waals surface area contributed by atoms with Gasteiger partial charge in [0.25, 0.3) is 0 Å². The monoisotopic (exact) mass is 493 g/mol. The molecule has 0 aliphatic heterocycles. The summed E-state index contributed by atoms with van der Waals surface area (Å²) in [4.78, 5) is 49.0. The van der Waals surface area contributed by atoms with Crippen LogP contribution in [0.2, 0.25) is 0 Å². The Balaban J connectivity index is 2.54. The summed E-state index contributed by atoms with van der Waals surface area (Å²) in [6, 6.07) is 5.26. The van der Waals surface area contributed by atoms with Crippen molar-refractivity contribution in [1.29, 1.82) is 0 Å². The molecule has 10 nitrogen and oxygen atoms in total. The Bertz CT molecular complexity index is 825. The number of ether oxygens (including phenoxy) is 3. The van der Waals surface area contributed by atoms with Crippen molar-refractivity contribution >= 4 is 29.4 Å². The first-order valence-corrected chi connectivity index (χ1v) is 11.8. The van der Waals surface area contributed by atoms with Crippen molar-refractivity contribution in [2.45, 2.75) is 59.7 Å². The predicted octanol–water partition coefficient (Wildman–Crippen LogP) is 2.02. The average Bonchev–Trinajstić information content (AvgIpc) is 2.81. The van der Waals surface area contributed by atoms with Gasteiger partial charge in [-0.05, 0) is 30.5 Å². The third kappa shape index (κ3) is 11.8. The lowest BCUT2D eigenvalue weighted by molar-refractivity contribution is -0.148. The molecule has 0 heterocycles. The number of benzene rings is 1. The Labute approximate surface area is 207 Å². The van der Waals surface area contributed by atoms with Gasteiger partial charge in [-0.3, -0.25) is 19.2 Å². The molecule has 0 spiro atoms. The van der Waals surface area contributed by atoms with E-state index >= 15 is 0 Å². The minimum absolute atomic E-state index is 0.114. The highest BCUT2D eigenvalue weighted by molar-refractivity contribution is 5.98. The Morgan fingerprint density at radius 1 is 0.857 bits per heavy atom. The molecule has 0 aliphatic rings. The van der Waals surface area contributed by atoms with E-state index < -0.39 is 23.9 Å². The van der Waals surface area contributed by atoms with Crippen molar-refractivity contribution < 1.29 is 33.4 Å². The lowest BCUT2D eigenvalue weighted by Crippen LogP contribution is -2.53. The van der Waals surface area contributed by atoms with E-state index in [2.05, 4.69) is 16.0 Å². The van der Waals surface area contributed by atoms with E-state index in [0.717, 1.165) is 5.56 Å². The molecule has 1 aromatic rings. The fraction of sp³-hybridized carbons (Fsp3) is 0.600. The summed E-state index contributed by atoms with van der Waals surface area (Å²) in [5.41, 5.74) is 1.33. The van der Waals surface area contributed by atoms with Crippen molar-refractivity contribution in [3.05, 3.63) is 29.8 Å². The van der Waals surface area contributed by atoms with Crippen LogP contribution in [0.25, 0.3) is 0 Å². The van der Waals surface area contributed by atoms with Crippen LogP contribution in [-0.4, -0.2) is 62.7 Å². The number of esters is 1. The number of nitrogens with one attached hydrogen (secondary N) is 3. The summed E-state index contributed by atoms with van der Waals surface area (Å²) in [6.07, 6.45) is 0.114. The predicted molar refractivity (Wildman–Crippen MR) is 131 cm³/mol. The smallest absolute Gasteiger partial charge is 0.308 e. The van der Waals surface area contributed by atoms with Gasteiger partial charge in [0.2, 0.25) is 17.7 Å². The molecule has 1 aromatic carbocycles. The number of carbonyl (C=O) groups is 4. The zero-order valence-corrected chi connectivity index (χ0v) is 21.5. The van der Waals surface area contributed by atoms with Crippen LogP contribution in [0.1, 0.15) is 46.6 Å². The topological polar surface area (TPSA) is 132 Å². The van der Waals surface area contributed by atoms with Gasteiger partial charge in [0.15, 0.2) is 0 Å². The summed E-state index contributed by atoms with van der Waals surface area (Å²) in [5, 5.41) is 8.09. The van der Waals surface area contributed by atoms with Crippen molar-refractivity contribution in [3.63, 3.8) is 0 Å². The van der Waals surface area contributed by atoms with Gasteiger partial charge in [-0.25, -0.2) is 0 Å². The first kappa shape index (κ1) is 30.1. The molecule has 0 saturated carbocycles. The SMILES string of the molecule is COCCOCCC(=O)N[C@@H](C(=O)N[C@H](C)C(=O)Nc1ccc(COC(=O)C(C)C)cc1)C(C)C.